The van der Waals surface area contributed by atoms with Crippen LogP contribution in [-0.4, -0.2) is 63.8 Å². The van der Waals surface area contributed by atoms with Crippen LogP contribution in [0.1, 0.15) is 16.1 Å². The average molecular weight is 457 g/mol. The highest BCUT2D eigenvalue weighted by molar-refractivity contribution is 6.05. The zero-order valence-corrected chi connectivity index (χ0v) is 19.6. The van der Waals surface area contributed by atoms with Gasteiger partial charge in [0, 0.05) is 61.6 Å². The average Bonchev–Trinajstić information content (AvgIpc) is 3.18. The number of nitrogens with zero attached hydrogens (tertiary/aromatic N) is 6. The Hall–Kier alpha value is -3.82. The van der Waals surface area contributed by atoms with Crippen LogP contribution in [0.3, 0.4) is 0 Å². The van der Waals surface area contributed by atoms with E-state index in [2.05, 4.69) is 50.3 Å². The summed E-state index contributed by atoms with van der Waals surface area (Å²) in [6, 6.07) is 12.1. The zero-order valence-electron chi connectivity index (χ0n) is 19.6. The van der Waals surface area contributed by atoms with Gasteiger partial charge in [0.2, 0.25) is 0 Å². The first kappa shape index (κ1) is 22.0. The lowest BCUT2D eigenvalue weighted by molar-refractivity contribution is 0.102. The highest BCUT2D eigenvalue weighted by Gasteiger charge is 2.29. The minimum absolute atomic E-state index is 0.214. The third-order valence-electron chi connectivity index (χ3n) is 6.45. The van der Waals surface area contributed by atoms with Gasteiger partial charge in [-0.05, 0) is 49.3 Å². The van der Waals surface area contributed by atoms with Crippen LogP contribution >= 0.6 is 0 Å². The van der Waals surface area contributed by atoms with Crippen molar-refractivity contribution in [1.82, 2.24) is 24.6 Å². The number of pyridine rings is 2. The van der Waals surface area contributed by atoms with Crippen LogP contribution in [0.15, 0.2) is 55.0 Å². The number of nitrogens with two attached hydrogens (primary N) is 1. The van der Waals surface area contributed by atoms with Gasteiger partial charge in [-0.15, -0.1) is 0 Å². The van der Waals surface area contributed by atoms with Crippen LogP contribution in [0.2, 0.25) is 0 Å². The minimum Gasteiger partial charge on any atom is -0.353 e. The van der Waals surface area contributed by atoms with Crippen molar-refractivity contribution >= 4 is 28.3 Å². The van der Waals surface area contributed by atoms with Crippen molar-refractivity contribution in [2.24, 2.45) is 12.8 Å². The molecule has 174 valence electrons. The van der Waals surface area contributed by atoms with Gasteiger partial charge in [0.1, 0.15) is 11.6 Å². The van der Waals surface area contributed by atoms with E-state index in [1.807, 2.05) is 37.5 Å². The van der Waals surface area contributed by atoms with E-state index in [-0.39, 0.29) is 5.91 Å². The van der Waals surface area contributed by atoms with Crippen LogP contribution in [0.4, 0.5) is 11.6 Å². The quantitative estimate of drug-likeness (QED) is 0.459. The molecule has 0 bridgehead atoms. The second-order valence-corrected chi connectivity index (χ2v) is 8.84. The summed E-state index contributed by atoms with van der Waals surface area (Å²) in [6.45, 7) is 2.22. The molecule has 0 atom stereocenters. The van der Waals surface area contributed by atoms with Crippen molar-refractivity contribution in [1.29, 1.82) is 0 Å². The second kappa shape index (κ2) is 8.85. The molecule has 9 nitrogen and oxygen atoms in total. The lowest BCUT2D eigenvalue weighted by atomic mass is 10.0. The van der Waals surface area contributed by atoms with Crippen LogP contribution in [0.5, 0.6) is 0 Å². The summed E-state index contributed by atoms with van der Waals surface area (Å²) in [5, 5.41) is 9.22. The third-order valence-corrected chi connectivity index (χ3v) is 6.45. The van der Waals surface area contributed by atoms with Crippen molar-refractivity contribution in [3.8, 4) is 11.1 Å². The van der Waals surface area contributed by atoms with Gasteiger partial charge >= 0.3 is 0 Å². The molecule has 34 heavy (non-hydrogen) atoms. The lowest BCUT2D eigenvalue weighted by Crippen LogP contribution is -2.57. The number of carbonyl (C=O) groups is 1. The van der Waals surface area contributed by atoms with Gasteiger partial charge < -0.3 is 20.9 Å². The standard InChI is InChI=1S/C25H28N8O/c1-31(2)20-14-33(15-20)24-10-17(6-7-27-24)25(34)30-23-9-19-8-16(4-5-18(19)12-28-23)21-13-29-32(3)22(21)11-26/h4-10,12-13,20H,11,14-15,26H2,1-3H3,(H,28,30,34). The number of likely N-dealkylation sites (N-methyl/N-ethyl adjacent to an activating group) is 1. The van der Waals surface area contributed by atoms with Crippen molar-refractivity contribution in [3.05, 3.63) is 66.2 Å². The Balaban J connectivity index is 1.36. The molecule has 3 N–H and O–H groups in total. The number of aryl methyl sites for hydroxylation is 1. The van der Waals surface area contributed by atoms with E-state index in [4.69, 9.17) is 5.73 Å². The first-order valence-corrected chi connectivity index (χ1v) is 11.2. The fourth-order valence-corrected chi connectivity index (χ4v) is 4.21. The molecule has 1 amide bonds. The van der Waals surface area contributed by atoms with E-state index >= 15 is 0 Å². The van der Waals surface area contributed by atoms with E-state index in [1.165, 1.54) is 0 Å². The summed E-state index contributed by atoms with van der Waals surface area (Å²) in [5.41, 5.74) is 9.46. The van der Waals surface area contributed by atoms with Crippen molar-refractivity contribution in [2.45, 2.75) is 12.6 Å². The smallest absolute Gasteiger partial charge is 0.257 e. The third kappa shape index (κ3) is 4.11. The minimum atomic E-state index is -0.214. The summed E-state index contributed by atoms with van der Waals surface area (Å²) in [6.07, 6.45) is 5.27. The summed E-state index contributed by atoms with van der Waals surface area (Å²) in [7, 11) is 6.04. The molecule has 1 aromatic carbocycles. The number of benzene rings is 1. The molecular weight excluding hydrogens is 428 g/mol. The number of amides is 1. The monoisotopic (exact) mass is 456 g/mol. The molecule has 1 fully saturated rings. The molecule has 1 aliphatic rings. The summed E-state index contributed by atoms with van der Waals surface area (Å²) in [5.74, 6) is 1.10. The van der Waals surface area contributed by atoms with E-state index in [9.17, 15) is 4.79 Å². The van der Waals surface area contributed by atoms with Gasteiger partial charge in [-0.2, -0.15) is 5.10 Å². The Morgan fingerprint density at radius 1 is 1.12 bits per heavy atom. The number of hydrogen-bond acceptors (Lipinski definition) is 7. The maximum Gasteiger partial charge on any atom is 0.257 e. The van der Waals surface area contributed by atoms with Gasteiger partial charge in [0.05, 0.1) is 11.9 Å². The number of nitrogens with one attached hydrogen (secondary N) is 1. The molecule has 4 heterocycles. The Bertz CT molecular complexity index is 1360. The number of fused-ring (bicyclic) bond motifs is 1. The maximum absolute atomic E-state index is 12.9. The summed E-state index contributed by atoms with van der Waals surface area (Å²) >= 11 is 0. The first-order valence-electron chi connectivity index (χ1n) is 11.2. The van der Waals surface area contributed by atoms with Crippen LogP contribution in [0.25, 0.3) is 21.9 Å². The van der Waals surface area contributed by atoms with Crippen LogP contribution in [-0.2, 0) is 13.6 Å². The highest BCUT2D eigenvalue weighted by Crippen LogP contribution is 2.28. The molecule has 5 rings (SSSR count). The summed E-state index contributed by atoms with van der Waals surface area (Å²) < 4.78 is 1.79. The molecular formula is C25H28N8O. The fraction of sp³-hybridized carbons (Fsp3) is 0.280. The molecule has 3 aromatic heterocycles. The second-order valence-electron chi connectivity index (χ2n) is 8.84. The van der Waals surface area contributed by atoms with Gasteiger partial charge in [-0.25, -0.2) is 9.97 Å². The predicted molar refractivity (Wildman–Crippen MR) is 134 cm³/mol. The SMILES string of the molecule is CN(C)C1CN(c2cc(C(=O)Nc3cc4cc(-c5cnn(C)c5CN)ccc4cn3)ccn2)C1. The lowest BCUT2D eigenvalue weighted by Gasteiger charge is -2.43. The number of rotatable bonds is 6. The van der Waals surface area contributed by atoms with Gasteiger partial charge in [0.15, 0.2) is 0 Å². The van der Waals surface area contributed by atoms with Gasteiger partial charge in [-0.3, -0.25) is 9.48 Å². The first-order chi connectivity index (χ1) is 16.4. The normalized spacial score (nSPS) is 14.0. The van der Waals surface area contributed by atoms with E-state index < -0.39 is 0 Å². The molecule has 1 saturated heterocycles. The molecule has 0 spiro atoms. The topological polar surface area (TPSA) is 105 Å². The van der Waals surface area contributed by atoms with Crippen LogP contribution < -0.4 is 16.0 Å². The zero-order chi connectivity index (χ0) is 23.8. The Morgan fingerprint density at radius 2 is 1.94 bits per heavy atom. The number of aromatic nitrogens is 4. The van der Waals surface area contributed by atoms with Gasteiger partial charge in [0.25, 0.3) is 5.91 Å². The molecule has 9 heteroatoms. The van der Waals surface area contributed by atoms with Crippen molar-refractivity contribution < 1.29 is 4.79 Å². The summed E-state index contributed by atoms with van der Waals surface area (Å²) in [4.78, 5) is 26.2. The predicted octanol–water partition coefficient (Wildman–Crippen LogP) is 2.49. The van der Waals surface area contributed by atoms with Gasteiger partial charge in [-0.1, -0.05) is 12.1 Å². The maximum atomic E-state index is 12.9. The Morgan fingerprint density at radius 3 is 2.71 bits per heavy atom. The molecule has 0 unspecified atom stereocenters. The molecule has 0 aliphatic carbocycles. The Kier molecular flexibility index (Phi) is 5.72. The number of hydrogen-bond donors (Lipinski definition) is 2. The fourth-order valence-electron chi connectivity index (χ4n) is 4.21. The number of anilines is 2. The van der Waals surface area contributed by atoms with E-state index in [0.717, 1.165) is 46.5 Å². The highest BCUT2D eigenvalue weighted by atomic mass is 16.1. The molecule has 4 aromatic rings. The van der Waals surface area contributed by atoms with Crippen molar-refractivity contribution in [2.75, 3.05) is 37.4 Å². The van der Waals surface area contributed by atoms with Crippen molar-refractivity contribution in [3.63, 3.8) is 0 Å². The molecule has 0 saturated carbocycles. The largest absolute Gasteiger partial charge is 0.353 e. The Labute approximate surface area is 198 Å². The van der Waals surface area contributed by atoms with Crippen LogP contribution in [0, 0.1) is 0 Å². The molecule has 1 aliphatic heterocycles. The number of carbonyl (C=O) groups excluding carboxylic acids is 1. The van der Waals surface area contributed by atoms with E-state index in [0.29, 0.717) is 24.0 Å². The van der Waals surface area contributed by atoms with E-state index in [1.54, 1.807) is 23.1 Å². The molecule has 0 radical (unpaired) electrons.